The zero-order chi connectivity index (χ0) is 21.7. The van der Waals surface area contributed by atoms with E-state index in [0.29, 0.717) is 13.0 Å². The number of para-hydroxylation sites is 1. The van der Waals surface area contributed by atoms with Crippen LogP contribution in [0.5, 0.6) is 0 Å². The summed E-state index contributed by atoms with van der Waals surface area (Å²) >= 11 is 0. The molecular formula is C20H24N6O4. The van der Waals surface area contributed by atoms with Gasteiger partial charge in [0.2, 0.25) is 0 Å². The van der Waals surface area contributed by atoms with Crippen molar-refractivity contribution < 1.29 is 9.53 Å². The van der Waals surface area contributed by atoms with Gasteiger partial charge in [0.05, 0.1) is 12.3 Å². The number of nitrogens with zero attached hydrogens (tertiary/aromatic N) is 4. The summed E-state index contributed by atoms with van der Waals surface area (Å²) in [5, 5.41) is 4.33. The Hall–Kier alpha value is -3.66. The van der Waals surface area contributed by atoms with Crippen molar-refractivity contribution in [3.8, 4) is 5.69 Å². The molecule has 1 amide bonds. The lowest BCUT2D eigenvalue weighted by Gasteiger charge is -2.23. The second-order valence-corrected chi connectivity index (χ2v) is 6.58. The lowest BCUT2D eigenvalue weighted by molar-refractivity contribution is 0.0970. The molecule has 0 aliphatic heterocycles. The number of hydrogen-bond donors (Lipinski definition) is 2. The van der Waals surface area contributed by atoms with E-state index in [4.69, 9.17) is 10.5 Å². The predicted molar refractivity (Wildman–Crippen MR) is 113 cm³/mol. The standard InChI is InChI=1S/C20H24N6O4/c1-3-10-25-17(21)16(18(27)22-20(25)29)24(12-13-30-2)19(28)15-9-11-26(23-15)14-7-5-4-6-8-14/h4-9,11H,3,10,12-13,21H2,1-2H3,(H,22,27,29). The quantitative estimate of drug-likeness (QED) is 0.568. The van der Waals surface area contributed by atoms with Crippen LogP contribution in [0.4, 0.5) is 11.5 Å². The number of ether oxygens (including phenoxy) is 1. The van der Waals surface area contributed by atoms with Crippen LogP contribution in [0.3, 0.4) is 0 Å². The number of nitrogens with two attached hydrogens (primary N) is 1. The van der Waals surface area contributed by atoms with E-state index < -0.39 is 17.2 Å². The highest BCUT2D eigenvalue weighted by molar-refractivity contribution is 6.06. The van der Waals surface area contributed by atoms with Crippen LogP contribution >= 0.6 is 0 Å². The van der Waals surface area contributed by atoms with Gasteiger partial charge in [-0.25, -0.2) is 9.48 Å². The zero-order valence-corrected chi connectivity index (χ0v) is 16.9. The minimum atomic E-state index is -0.739. The third kappa shape index (κ3) is 4.18. The van der Waals surface area contributed by atoms with Crippen molar-refractivity contribution in [3.05, 3.63) is 69.1 Å². The van der Waals surface area contributed by atoms with Crippen molar-refractivity contribution in [1.82, 2.24) is 19.3 Å². The Kier molecular flexibility index (Phi) is 6.48. The summed E-state index contributed by atoms with van der Waals surface area (Å²) in [5.74, 6) is -0.599. The molecule has 158 valence electrons. The number of hydrogen-bond acceptors (Lipinski definition) is 6. The topological polar surface area (TPSA) is 128 Å². The predicted octanol–water partition coefficient (Wildman–Crippen LogP) is 1.01. The first-order chi connectivity index (χ1) is 14.5. The molecule has 1 aromatic carbocycles. The molecule has 3 rings (SSSR count). The van der Waals surface area contributed by atoms with E-state index in [1.165, 1.54) is 16.6 Å². The highest BCUT2D eigenvalue weighted by atomic mass is 16.5. The summed E-state index contributed by atoms with van der Waals surface area (Å²) in [6.45, 7) is 2.41. The Labute approximate surface area is 172 Å². The van der Waals surface area contributed by atoms with Gasteiger partial charge in [-0.15, -0.1) is 0 Å². The lowest BCUT2D eigenvalue weighted by Crippen LogP contribution is -2.42. The maximum Gasteiger partial charge on any atom is 0.330 e. The molecule has 10 nitrogen and oxygen atoms in total. The van der Waals surface area contributed by atoms with Gasteiger partial charge in [-0.05, 0) is 24.6 Å². The number of rotatable bonds is 8. The monoisotopic (exact) mass is 412 g/mol. The molecule has 0 radical (unpaired) electrons. The number of nitrogens with one attached hydrogen (secondary N) is 1. The molecule has 0 aliphatic rings. The van der Waals surface area contributed by atoms with Crippen molar-refractivity contribution in [2.24, 2.45) is 0 Å². The minimum absolute atomic E-state index is 0.0607. The molecule has 3 N–H and O–H groups in total. The van der Waals surface area contributed by atoms with Crippen molar-refractivity contribution >= 4 is 17.4 Å². The summed E-state index contributed by atoms with van der Waals surface area (Å²) in [7, 11) is 1.48. The molecule has 30 heavy (non-hydrogen) atoms. The third-order valence-electron chi connectivity index (χ3n) is 4.52. The number of nitrogen functional groups attached to an aromatic ring is 1. The van der Waals surface area contributed by atoms with Gasteiger partial charge in [-0.2, -0.15) is 5.10 Å². The van der Waals surface area contributed by atoms with Gasteiger partial charge >= 0.3 is 5.69 Å². The summed E-state index contributed by atoms with van der Waals surface area (Å²) in [6, 6.07) is 10.9. The van der Waals surface area contributed by atoms with Gasteiger partial charge in [0, 0.05) is 26.4 Å². The van der Waals surface area contributed by atoms with Gasteiger partial charge in [0.25, 0.3) is 11.5 Å². The van der Waals surface area contributed by atoms with E-state index in [-0.39, 0.29) is 30.4 Å². The van der Waals surface area contributed by atoms with E-state index >= 15 is 0 Å². The van der Waals surface area contributed by atoms with Crippen LogP contribution < -0.4 is 21.9 Å². The Morgan fingerprint density at radius 1 is 1.23 bits per heavy atom. The molecule has 0 saturated carbocycles. The maximum absolute atomic E-state index is 13.3. The smallest absolute Gasteiger partial charge is 0.330 e. The molecule has 2 heterocycles. The maximum atomic E-state index is 13.3. The summed E-state index contributed by atoms with van der Waals surface area (Å²) in [4.78, 5) is 41.4. The van der Waals surface area contributed by atoms with Crippen LogP contribution in [-0.4, -0.2) is 45.5 Å². The Morgan fingerprint density at radius 2 is 1.97 bits per heavy atom. The Morgan fingerprint density at radius 3 is 2.63 bits per heavy atom. The van der Waals surface area contributed by atoms with Crippen LogP contribution in [0.15, 0.2) is 52.2 Å². The van der Waals surface area contributed by atoms with Crippen LogP contribution in [0.2, 0.25) is 0 Å². The fraction of sp³-hybridized carbons (Fsp3) is 0.300. The molecule has 0 fully saturated rings. The normalized spacial score (nSPS) is 10.9. The van der Waals surface area contributed by atoms with Crippen LogP contribution in [0.25, 0.3) is 5.69 Å². The number of aromatic amines is 1. The van der Waals surface area contributed by atoms with E-state index in [2.05, 4.69) is 10.1 Å². The number of anilines is 2. The van der Waals surface area contributed by atoms with Gasteiger partial charge in [-0.3, -0.25) is 24.0 Å². The SMILES string of the molecule is CCCn1c(N)c(N(CCOC)C(=O)c2ccn(-c3ccccc3)n2)c(=O)[nH]c1=O. The third-order valence-corrected chi connectivity index (χ3v) is 4.52. The van der Waals surface area contributed by atoms with Gasteiger partial charge in [0.15, 0.2) is 11.4 Å². The molecule has 0 atom stereocenters. The number of H-pyrrole nitrogens is 1. The second kappa shape index (κ2) is 9.23. The molecule has 0 bridgehead atoms. The van der Waals surface area contributed by atoms with Gasteiger partial charge in [0.1, 0.15) is 5.82 Å². The van der Waals surface area contributed by atoms with Crippen molar-refractivity contribution in [2.75, 3.05) is 30.9 Å². The number of methoxy groups -OCH3 is 1. The molecule has 3 aromatic rings. The highest BCUT2D eigenvalue weighted by Crippen LogP contribution is 2.19. The molecule has 2 aromatic heterocycles. The van der Waals surface area contributed by atoms with Crippen molar-refractivity contribution in [1.29, 1.82) is 0 Å². The second-order valence-electron chi connectivity index (χ2n) is 6.58. The Balaban J connectivity index is 2.05. The number of carbonyl (C=O) groups is 1. The zero-order valence-electron chi connectivity index (χ0n) is 16.9. The summed E-state index contributed by atoms with van der Waals surface area (Å²) in [5.41, 5.74) is 5.60. The largest absolute Gasteiger partial charge is 0.383 e. The molecule has 0 unspecified atom stereocenters. The van der Waals surface area contributed by atoms with Crippen LogP contribution in [0.1, 0.15) is 23.8 Å². The average molecular weight is 412 g/mol. The van der Waals surface area contributed by atoms with E-state index in [1.54, 1.807) is 16.9 Å². The molecular weight excluding hydrogens is 388 g/mol. The molecule has 10 heteroatoms. The average Bonchev–Trinajstić information content (AvgIpc) is 3.24. The fourth-order valence-corrected chi connectivity index (χ4v) is 3.08. The van der Waals surface area contributed by atoms with E-state index in [9.17, 15) is 14.4 Å². The van der Waals surface area contributed by atoms with Gasteiger partial charge in [-0.1, -0.05) is 25.1 Å². The highest BCUT2D eigenvalue weighted by Gasteiger charge is 2.26. The van der Waals surface area contributed by atoms with Crippen LogP contribution in [0, 0.1) is 0 Å². The summed E-state index contributed by atoms with van der Waals surface area (Å²) < 4.78 is 7.90. The molecule has 0 aliphatic carbocycles. The first-order valence-corrected chi connectivity index (χ1v) is 9.52. The number of benzene rings is 1. The number of amides is 1. The van der Waals surface area contributed by atoms with Crippen molar-refractivity contribution in [3.63, 3.8) is 0 Å². The molecule has 0 saturated heterocycles. The van der Waals surface area contributed by atoms with Gasteiger partial charge < -0.3 is 10.5 Å². The number of aromatic nitrogens is 4. The fourth-order valence-electron chi connectivity index (χ4n) is 3.08. The van der Waals surface area contributed by atoms with Crippen molar-refractivity contribution in [2.45, 2.75) is 19.9 Å². The molecule has 0 spiro atoms. The first-order valence-electron chi connectivity index (χ1n) is 9.52. The number of carbonyl (C=O) groups excluding carboxylic acids is 1. The summed E-state index contributed by atoms with van der Waals surface area (Å²) in [6.07, 6.45) is 2.28. The van der Waals surface area contributed by atoms with E-state index in [0.717, 1.165) is 5.69 Å². The van der Waals surface area contributed by atoms with E-state index in [1.807, 2.05) is 37.3 Å². The first kappa shape index (κ1) is 21.1. The lowest BCUT2D eigenvalue weighted by atomic mass is 10.3. The van der Waals surface area contributed by atoms with Crippen LogP contribution in [-0.2, 0) is 11.3 Å². The Bertz CT molecular complexity index is 1130. The minimum Gasteiger partial charge on any atom is -0.383 e.